The lowest BCUT2D eigenvalue weighted by Crippen LogP contribution is -2.47. The van der Waals surface area contributed by atoms with Crippen molar-refractivity contribution in [2.24, 2.45) is 0 Å². The molecule has 0 radical (unpaired) electrons. The highest BCUT2D eigenvalue weighted by molar-refractivity contribution is 5.50. The van der Waals surface area contributed by atoms with E-state index < -0.39 is 0 Å². The molecule has 4 heteroatoms. The number of aromatic nitrogens is 2. The summed E-state index contributed by atoms with van der Waals surface area (Å²) >= 11 is 0. The van der Waals surface area contributed by atoms with Crippen molar-refractivity contribution in [2.45, 2.75) is 51.5 Å². The molecular formula is C15H24N4. The predicted octanol–water partition coefficient (Wildman–Crippen LogP) is 1.93. The van der Waals surface area contributed by atoms with E-state index in [1.807, 2.05) is 0 Å². The van der Waals surface area contributed by atoms with Crippen molar-refractivity contribution in [1.29, 1.82) is 0 Å². The Morgan fingerprint density at radius 2 is 2.16 bits per heavy atom. The van der Waals surface area contributed by atoms with Crippen LogP contribution in [0.5, 0.6) is 0 Å². The maximum Gasteiger partial charge on any atom is 0.135 e. The molecule has 4 nitrogen and oxygen atoms in total. The molecule has 1 N–H and O–H groups in total. The number of aryl methyl sites for hydroxylation is 1. The van der Waals surface area contributed by atoms with Crippen LogP contribution in [0, 0.1) is 0 Å². The minimum Gasteiger partial charge on any atom is -0.352 e. The standard InChI is InChI=1S/C15H24N4/c1-2-19(12-6-5-9-16-10-12)15-13-7-3-4-8-14(13)17-11-18-15/h11-12,16H,2-10H2,1H3. The molecule has 2 heterocycles. The topological polar surface area (TPSA) is 41.1 Å². The Balaban J connectivity index is 1.90. The molecule has 0 aromatic carbocycles. The van der Waals surface area contributed by atoms with Gasteiger partial charge in [0.15, 0.2) is 0 Å². The third-order valence-electron chi connectivity index (χ3n) is 4.43. The molecule has 1 atom stereocenters. The molecule has 1 aromatic heterocycles. The smallest absolute Gasteiger partial charge is 0.135 e. The average Bonchev–Trinajstić information content (AvgIpc) is 2.49. The van der Waals surface area contributed by atoms with Gasteiger partial charge in [0, 0.05) is 30.4 Å². The fourth-order valence-corrected chi connectivity index (χ4v) is 3.43. The van der Waals surface area contributed by atoms with Crippen LogP contribution in [0.15, 0.2) is 6.33 Å². The molecule has 1 aliphatic heterocycles. The summed E-state index contributed by atoms with van der Waals surface area (Å²) in [5.41, 5.74) is 2.71. The van der Waals surface area contributed by atoms with Crippen LogP contribution >= 0.6 is 0 Å². The normalized spacial score (nSPS) is 22.9. The minimum atomic E-state index is 0.597. The molecule has 1 saturated heterocycles. The van der Waals surface area contributed by atoms with E-state index in [0.717, 1.165) is 32.5 Å². The predicted molar refractivity (Wildman–Crippen MR) is 77.6 cm³/mol. The van der Waals surface area contributed by atoms with Crippen molar-refractivity contribution >= 4 is 5.82 Å². The molecule has 0 saturated carbocycles. The van der Waals surface area contributed by atoms with E-state index in [1.54, 1.807) is 6.33 Å². The van der Waals surface area contributed by atoms with Crippen LogP contribution in [-0.2, 0) is 12.8 Å². The molecule has 104 valence electrons. The molecule has 3 rings (SSSR count). The van der Waals surface area contributed by atoms with Crippen LogP contribution in [0.1, 0.15) is 43.9 Å². The fourth-order valence-electron chi connectivity index (χ4n) is 3.43. The van der Waals surface area contributed by atoms with E-state index in [0.29, 0.717) is 6.04 Å². The van der Waals surface area contributed by atoms with Crippen LogP contribution in [0.4, 0.5) is 5.82 Å². The van der Waals surface area contributed by atoms with Crippen LogP contribution < -0.4 is 10.2 Å². The van der Waals surface area contributed by atoms with E-state index in [1.165, 1.54) is 42.8 Å². The van der Waals surface area contributed by atoms with E-state index in [4.69, 9.17) is 0 Å². The first-order chi connectivity index (χ1) is 9.40. The second kappa shape index (κ2) is 5.87. The number of fused-ring (bicyclic) bond motifs is 1. The molecule has 19 heavy (non-hydrogen) atoms. The molecule has 0 amide bonds. The third-order valence-corrected chi connectivity index (χ3v) is 4.43. The number of hydrogen-bond acceptors (Lipinski definition) is 4. The number of rotatable bonds is 3. The van der Waals surface area contributed by atoms with Gasteiger partial charge in [-0.25, -0.2) is 9.97 Å². The van der Waals surface area contributed by atoms with Crippen LogP contribution in [0.3, 0.4) is 0 Å². The lowest BCUT2D eigenvalue weighted by Gasteiger charge is -2.36. The van der Waals surface area contributed by atoms with Crippen molar-refractivity contribution in [3.63, 3.8) is 0 Å². The first kappa shape index (κ1) is 12.9. The van der Waals surface area contributed by atoms with Gasteiger partial charge >= 0.3 is 0 Å². The van der Waals surface area contributed by atoms with E-state index in [2.05, 4.69) is 27.1 Å². The van der Waals surface area contributed by atoms with Crippen molar-refractivity contribution < 1.29 is 0 Å². The number of nitrogens with one attached hydrogen (secondary N) is 1. The SMILES string of the molecule is CCN(c1ncnc2c1CCCC2)C1CCCNC1. The summed E-state index contributed by atoms with van der Waals surface area (Å²) in [4.78, 5) is 11.6. The van der Waals surface area contributed by atoms with Crippen molar-refractivity contribution in [3.05, 3.63) is 17.6 Å². The Labute approximate surface area is 115 Å². The second-order valence-electron chi connectivity index (χ2n) is 5.62. The Hall–Kier alpha value is -1.16. The third kappa shape index (κ3) is 2.59. The minimum absolute atomic E-state index is 0.597. The summed E-state index contributed by atoms with van der Waals surface area (Å²) < 4.78 is 0. The van der Waals surface area contributed by atoms with Crippen LogP contribution in [-0.4, -0.2) is 35.6 Å². The maximum absolute atomic E-state index is 4.63. The summed E-state index contributed by atoms with van der Waals surface area (Å²) in [7, 11) is 0. The van der Waals surface area contributed by atoms with Gasteiger partial charge in [-0.3, -0.25) is 0 Å². The van der Waals surface area contributed by atoms with Gasteiger partial charge in [-0.05, 0) is 52.0 Å². The van der Waals surface area contributed by atoms with E-state index >= 15 is 0 Å². The summed E-state index contributed by atoms with van der Waals surface area (Å²) in [5, 5.41) is 3.51. The first-order valence-electron chi connectivity index (χ1n) is 7.70. The zero-order chi connectivity index (χ0) is 13.1. The summed E-state index contributed by atoms with van der Waals surface area (Å²) in [6, 6.07) is 0.597. The van der Waals surface area contributed by atoms with E-state index in [-0.39, 0.29) is 0 Å². The van der Waals surface area contributed by atoms with Gasteiger partial charge in [0.2, 0.25) is 0 Å². The number of anilines is 1. The number of nitrogens with zero attached hydrogens (tertiary/aromatic N) is 3. The molecule has 1 unspecified atom stereocenters. The highest BCUT2D eigenvalue weighted by Gasteiger charge is 2.25. The zero-order valence-corrected chi connectivity index (χ0v) is 11.9. The van der Waals surface area contributed by atoms with Crippen molar-refractivity contribution in [1.82, 2.24) is 15.3 Å². The summed E-state index contributed by atoms with van der Waals surface area (Å²) in [6.45, 7) is 5.53. The van der Waals surface area contributed by atoms with Gasteiger partial charge in [-0.1, -0.05) is 0 Å². The average molecular weight is 260 g/mol. The Morgan fingerprint density at radius 3 is 2.95 bits per heavy atom. The second-order valence-corrected chi connectivity index (χ2v) is 5.62. The lowest BCUT2D eigenvalue weighted by molar-refractivity contribution is 0.432. The molecule has 2 aliphatic rings. The monoisotopic (exact) mass is 260 g/mol. The van der Waals surface area contributed by atoms with Gasteiger partial charge in [-0.2, -0.15) is 0 Å². The summed E-state index contributed by atoms with van der Waals surface area (Å²) in [6.07, 6.45) is 9.16. The first-order valence-corrected chi connectivity index (χ1v) is 7.70. The van der Waals surface area contributed by atoms with Crippen LogP contribution in [0.25, 0.3) is 0 Å². The number of likely N-dealkylation sites (N-methyl/N-ethyl adjacent to an activating group) is 1. The zero-order valence-electron chi connectivity index (χ0n) is 11.9. The molecule has 0 bridgehead atoms. The molecule has 1 aliphatic carbocycles. The Morgan fingerprint density at radius 1 is 1.26 bits per heavy atom. The fraction of sp³-hybridized carbons (Fsp3) is 0.733. The maximum atomic E-state index is 4.63. The summed E-state index contributed by atoms with van der Waals surface area (Å²) in [5.74, 6) is 1.21. The van der Waals surface area contributed by atoms with Crippen molar-refractivity contribution in [2.75, 3.05) is 24.5 Å². The van der Waals surface area contributed by atoms with Gasteiger partial charge in [0.05, 0.1) is 0 Å². The Bertz CT molecular complexity index is 426. The van der Waals surface area contributed by atoms with E-state index in [9.17, 15) is 0 Å². The highest BCUT2D eigenvalue weighted by atomic mass is 15.2. The lowest BCUT2D eigenvalue weighted by atomic mass is 9.95. The van der Waals surface area contributed by atoms with Gasteiger partial charge in [-0.15, -0.1) is 0 Å². The Kier molecular flexibility index (Phi) is 3.97. The van der Waals surface area contributed by atoms with Gasteiger partial charge in [0.25, 0.3) is 0 Å². The van der Waals surface area contributed by atoms with Gasteiger partial charge in [0.1, 0.15) is 12.1 Å². The number of piperidine rings is 1. The molecular weight excluding hydrogens is 236 g/mol. The molecule has 1 fully saturated rings. The van der Waals surface area contributed by atoms with Crippen LogP contribution in [0.2, 0.25) is 0 Å². The molecule has 0 spiro atoms. The van der Waals surface area contributed by atoms with Gasteiger partial charge < -0.3 is 10.2 Å². The largest absolute Gasteiger partial charge is 0.352 e. The highest BCUT2D eigenvalue weighted by Crippen LogP contribution is 2.29. The number of hydrogen-bond donors (Lipinski definition) is 1. The van der Waals surface area contributed by atoms with Crippen molar-refractivity contribution in [3.8, 4) is 0 Å². The molecule has 1 aromatic rings. The quantitative estimate of drug-likeness (QED) is 0.901.